The number of para-hydroxylation sites is 1. The summed E-state index contributed by atoms with van der Waals surface area (Å²) in [5.74, 6) is 1.49. The van der Waals surface area contributed by atoms with Crippen molar-refractivity contribution in [2.75, 3.05) is 11.1 Å². The molecular weight excluding hydrogens is 431 g/mol. The van der Waals surface area contributed by atoms with Crippen molar-refractivity contribution in [1.29, 1.82) is 0 Å². The Morgan fingerprint density at radius 2 is 1.97 bits per heavy atom. The molecule has 0 aliphatic carbocycles. The largest absolute Gasteiger partial charge is 0.482 e. The van der Waals surface area contributed by atoms with Crippen molar-refractivity contribution in [3.63, 3.8) is 0 Å². The number of amides is 1. The lowest BCUT2D eigenvalue weighted by atomic mass is 10.2. The molecule has 0 saturated heterocycles. The summed E-state index contributed by atoms with van der Waals surface area (Å²) in [5, 5.41) is 12.6. The average Bonchev–Trinajstić information content (AvgIpc) is 3.05. The highest BCUT2D eigenvalue weighted by Gasteiger charge is 2.18. The lowest BCUT2D eigenvalue weighted by Gasteiger charge is -2.15. The number of aromatic nitrogens is 3. The van der Waals surface area contributed by atoms with Gasteiger partial charge in [0.15, 0.2) is 17.1 Å². The monoisotopic (exact) mass is 450 g/mol. The minimum absolute atomic E-state index is 0.179. The Kier molecular flexibility index (Phi) is 7.05. The lowest BCUT2D eigenvalue weighted by molar-refractivity contribution is -0.113. The number of anilines is 1. The van der Waals surface area contributed by atoms with Crippen molar-refractivity contribution in [1.82, 2.24) is 14.8 Å². The quantitative estimate of drug-likeness (QED) is 0.494. The summed E-state index contributed by atoms with van der Waals surface area (Å²) in [6.07, 6.45) is -0.284. The Morgan fingerprint density at radius 3 is 2.69 bits per heavy atom. The number of hydrogen-bond donors (Lipinski definition) is 1. The molecule has 1 aromatic heterocycles. The maximum Gasteiger partial charge on any atom is 0.234 e. The van der Waals surface area contributed by atoms with Gasteiger partial charge < -0.3 is 14.6 Å². The van der Waals surface area contributed by atoms with Crippen LogP contribution in [0.15, 0.2) is 47.6 Å². The van der Waals surface area contributed by atoms with Gasteiger partial charge in [-0.2, -0.15) is 0 Å². The van der Waals surface area contributed by atoms with E-state index in [1.807, 2.05) is 49.7 Å². The van der Waals surface area contributed by atoms with Gasteiger partial charge in [0, 0.05) is 12.7 Å². The minimum atomic E-state index is -0.284. The predicted molar refractivity (Wildman–Crippen MR) is 117 cm³/mol. The fraction of sp³-hybridized carbons (Fsp3) is 0.250. The first-order valence-corrected chi connectivity index (χ1v) is 10.6. The van der Waals surface area contributed by atoms with Crippen molar-refractivity contribution in [2.24, 2.45) is 7.05 Å². The van der Waals surface area contributed by atoms with Crippen LogP contribution in [0.2, 0.25) is 10.0 Å². The van der Waals surface area contributed by atoms with Gasteiger partial charge >= 0.3 is 0 Å². The second-order valence-corrected chi connectivity index (χ2v) is 8.15. The Morgan fingerprint density at radius 1 is 1.21 bits per heavy atom. The molecule has 29 heavy (non-hydrogen) atoms. The van der Waals surface area contributed by atoms with E-state index < -0.39 is 0 Å². The van der Waals surface area contributed by atoms with E-state index in [2.05, 4.69) is 15.5 Å². The molecule has 0 radical (unpaired) electrons. The van der Waals surface area contributed by atoms with Gasteiger partial charge in [-0.15, -0.1) is 10.2 Å². The molecule has 9 heteroatoms. The summed E-state index contributed by atoms with van der Waals surface area (Å²) >= 11 is 13.1. The van der Waals surface area contributed by atoms with Crippen LogP contribution in [0.3, 0.4) is 0 Å². The molecule has 1 unspecified atom stereocenters. The average molecular weight is 451 g/mol. The summed E-state index contributed by atoms with van der Waals surface area (Å²) in [4.78, 5) is 12.2. The normalized spacial score (nSPS) is 11.9. The molecule has 6 nitrogen and oxygen atoms in total. The van der Waals surface area contributed by atoms with Crippen molar-refractivity contribution in [3.8, 4) is 5.75 Å². The van der Waals surface area contributed by atoms with Crippen LogP contribution in [-0.2, 0) is 11.8 Å². The number of thioether (sulfide) groups is 1. The number of rotatable bonds is 7. The highest BCUT2D eigenvalue weighted by Crippen LogP contribution is 2.27. The molecule has 2 aromatic carbocycles. The topological polar surface area (TPSA) is 69.0 Å². The highest BCUT2D eigenvalue weighted by molar-refractivity contribution is 7.99. The van der Waals surface area contributed by atoms with Gasteiger partial charge in [-0.1, -0.05) is 53.2 Å². The fourth-order valence-electron chi connectivity index (χ4n) is 2.64. The van der Waals surface area contributed by atoms with E-state index in [0.29, 0.717) is 26.7 Å². The van der Waals surface area contributed by atoms with Gasteiger partial charge in [-0.3, -0.25) is 4.79 Å². The molecular formula is C20H20Cl2N4O2S. The Hall–Kier alpha value is -2.22. The fourth-order valence-corrected chi connectivity index (χ4v) is 3.65. The van der Waals surface area contributed by atoms with E-state index in [9.17, 15) is 4.79 Å². The van der Waals surface area contributed by atoms with E-state index in [1.165, 1.54) is 11.8 Å². The van der Waals surface area contributed by atoms with Gasteiger partial charge in [0.25, 0.3) is 0 Å². The van der Waals surface area contributed by atoms with Crippen LogP contribution in [0.5, 0.6) is 5.75 Å². The predicted octanol–water partition coefficient (Wildman–Crippen LogP) is 5.30. The lowest BCUT2D eigenvalue weighted by Crippen LogP contribution is -2.15. The summed E-state index contributed by atoms with van der Waals surface area (Å²) < 4.78 is 7.85. The number of nitrogens with zero attached hydrogens (tertiary/aromatic N) is 3. The number of halogens is 2. The first kappa shape index (κ1) is 21.5. The number of hydrogen-bond acceptors (Lipinski definition) is 5. The number of ether oxygens (including phenoxy) is 1. The molecule has 1 amide bonds. The van der Waals surface area contributed by atoms with Crippen LogP contribution in [0.4, 0.5) is 5.69 Å². The molecule has 152 valence electrons. The molecule has 3 aromatic rings. The molecule has 0 saturated carbocycles. The van der Waals surface area contributed by atoms with Crippen LogP contribution in [0.1, 0.15) is 24.4 Å². The standard InChI is InChI=1S/C20H20Cl2N4O2S/c1-12-6-4-5-7-17(12)28-13(2)19-24-25-20(26(19)3)29-11-18(27)23-14-8-9-15(21)16(22)10-14/h4-10,13H,11H2,1-3H3,(H,23,27). The third kappa shape index (κ3) is 5.44. The number of aryl methyl sites for hydroxylation is 1. The van der Waals surface area contributed by atoms with Gasteiger partial charge in [0.2, 0.25) is 5.91 Å². The van der Waals surface area contributed by atoms with E-state index in [-0.39, 0.29) is 17.8 Å². The Balaban J connectivity index is 1.59. The molecule has 0 fully saturated rings. The Bertz CT molecular complexity index is 1030. The van der Waals surface area contributed by atoms with Crippen LogP contribution >= 0.6 is 35.0 Å². The van der Waals surface area contributed by atoms with Crippen molar-refractivity contribution in [2.45, 2.75) is 25.1 Å². The van der Waals surface area contributed by atoms with E-state index >= 15 is 0 Å². The molecule has 1 heterocycles. The Labute approximate surface area is 183 Å². The zero-order chi connectivity index (χ0) is 21.0. The van der Waals surface area contributed by atoms with Gasteiger partial charge in [-0.05, 0) is 43.7 Å². The van der Waals surface area contributed by atoms with Crippen LogP contribution < -0.4 is 10.1 Å². The van der Waals surface area contributed by atoms with Gasteiger partial charge in [0.1, 0.15) is 5.75 Å². The molecule has 0 aliphatic heterocycles. The van der Waals surface area contributed by atoms with E-state index in [0.717, 1.165) is 11.3 Å². The number of nitrogens with one attached hydrogen (secondary N) is 1. The third-order valence-corrected chi connectivity index (χ3v) is 5.92. The smallest absolute Gasteiger partial charge is 0.234 e. The summed E-state index contributed by atoms with van der Waals surface area (Å²) in [6.45, 7) is 3.91. The van der Waals surface area contributed by atoms with Crippen LogP contribution in [0.25, 0.3) is 0 Å². The second-order valence-electron chi connectivity index (χ2n) is 6.39. The maximum absolute atomic E-state index is 12.2. The van der Waals surface area contributed by atoms with Crippen molar-refractivity contribution >= 4 is 46.6 Å². The van der Waals surface area contributed by atoms with Gasteiger partial charge in [-0.25, -0.2) is 0 Å². The number of carbonyl (C=O) groups excluding carboxylic acids is 1. The minimum Gasteiger partial charge on any atom is -0.482 e. The molecule has 0 spiro atoms. The van der Waals surface area contributed by atoms with E-state index in [1.54, 1.807) is 18.2 Å². The van der Waals surface area contributed by atoms with Crippen molar-refractivity contribution in [3.05, 3.63) is 63.9 Å². The van der Waals surface area contributed by atoms with E-state index in [4.69, 9.17) is 27.9 Å². The summed E-state index contributed by atoms with van der Waals surface area (Å²) in [6, 6.07) is 12.8. The molecule has 1 N–H and O–H groups in total. The van der Waals surface area contributed by atoms with Crippen LogP contribution in [-0.4, -0.2) is 26.4 Å². The van der Waals surface area contributed by atoms with Gasteiger partial charge in [0.05, 0.1) is 15.8 Å². The molecule has 0 bridgehead atoms. The number of benzene rings is 2. The first-order chi connectivity index (χ1) is 13.8. The third-order valence-electron chi connectivity index (χ3n) is 4.17. The SMILES string of the molecule is Cc1ccccc1OC(C)c1nnc(SCC(=O)Nc2ccc(Cl)c(Cl)c2)n1C. The van der Waals surface area contributed by atoms with Crippen molar-refractivity contribution < 1.29 is 9.53 Å². The van der Waals surface area contributed by atoms with Crippen LogP contribution in [0, 0.1) is 6.92 Å². The first-order valence-electron chi connectivity index (χ1n) is 8.84. The zero-order valence-corrected chi connectivity index (χ0v) is 18.5. The molecule has 0 aliphatic rings. The zero-order valence-electron chi connectivity index (χ0n) is 16.1. The second kappa shape index (κ2) is 9.52. The molecule has 3 rings (SSSR count). The highest BCUT2D eigenvalue weighted by atomic mass is 35.5. The molecule has 1 atom stereocenters. The number of carbonyl (C=O) groups is 1. The maximum atomic E-state index is 12.2. The summed E-state index contributed by atoms with van der Waals surface area (Å²) in [7, 11) is 1.85. The summed E-state index contributed by atoms with van der Waals surface area (Å²) in [5.41, 5.74) is 1.64.